The Morgan fingerprint density at radius 1 is 1.22 bits per heavy atom. The van der Waals surface area contributed by atoms with E-state index in [1.807, 2.05) is 0 Å². The number of rotatable bonds is 4. The van der Waals surface area contributed by atoms with E-state index in [0.29, 0.717) is 49.0 Å². The smallest absolute Gasteiger partial charge is 0.358 e. The van der Waals surface area contributed by atoms with Gasteiger partial charge in [0.05, 0.1) is 25.5 Å². The number of hydrogen-bond donors (Lipinski definition) is 1. The molecular formula is C17H19N7O3. The Balaban J connectivity index is 1.84. The molecule has 10 heteroatoms. The van der Waals surface area contributed by atoms with Gasteiger partial charge in [0.2, 0.25) is 5.95 Å². The second kappa shape index (κ2) is 7.16. The second-order valence-corrected chi connectivity index (χ2v) is 5.96. The third kappa shape index (κ3) is 3.38. The highest BCUT2D eigenvalue weighted by Gasteiger charge is 2.21. The van der Waals surface area contributed by atoms with Gasteiger partial charge in [0.1, 0.15) is 0 Å². The molecule has 0 unspecified atom stereocenters. The molecule has 0 aromatic carbocycles. The lowest BCUT2D eigenvalue weighted by Crippen LogP contribution is -2.37. The molecule has 0 saturated carbocycles. The van der Waals surface area contributed by atoms with Crippen molar-refractivity contribution < 1.29 is 14.3 Å². The van der Waals surface area contributed by atoms with Crippen LogP contribution in [-0.4, -0.2) is 63.2 Å². The van der Waals surface area contributed by atoms with Gasteiger partial charge in [-0.3, -0.25) is 0 Å². The zero-order valence-corrected chi connectivity index (χ0v) is 14.8. The first-order valence-electron chi connectivity index (χ1n) is 8.63. The van der Waals surface area contributed by atoms with Crippen molar-refractivity contribution >= 4 is 23.4 Å². The predicted molar refractivity (Wildman–Crippen MR) is 97.4 cm³/mol. The zero-order chi connectivity index (χ0) is 18.8. The predicted octanol–water partition coefficient (Wildman–Crippen LogP) is 0.782. The third-order valence-corrected chi connectivity index (χ3v) is 4.18. The highest BCUT2D eigenvalue weighted by molar-refractivity contribution is 5.89. The van der Waals surface area contributed by atoms with Crippen LogP contribution in [0.2, 0.25) is 0 Å². The topological polar surface area (TPSA) is 121 Å². The summed E-state index contributed by atoms with van der Waals surface area (Å²) in [4.78, 5) is 31.5. The van der Waals surface area contributed by atoms with Crippen LogP contribution in [0.4, 0.5) is 11.8 Å². The summed E-state index contributed by atoms with van der Waals surface area (Å²) in [6, 6.07) is 0. The fourth-order valence-electron chi connectivity index (χ4n) is 2.88. The molecule has 27 heavy (non-hydrogen) atoms. The molecule has 4 heterocycles. The number of carbonyl (C=O) groups excluding carboxylic acids is 1. The van der Waals surface area contributed by atoms with E-state index in [-0.39, 0.29) is 18.2 Å². The molecule has 1 fully saturated rings. The fraction of sp³-hybridized carbons (Fsp3) is 0.353. The third-order valence-electron chi connectivity index (χ3n) is 4.18. The zero-order valence-electron chi connectivity index (χ0n) is 14.8. The maximum atomic E-state index is 12.1. The van der Waals surface area contributed by atoms with Gasteiger partial charge >= 0.3 is 5.97 Å². The van der Waals surface area contributed by atoms with Gasteiger partial charge in [0, 0.05) is 43.4 Å². The van der Waals surface area contributed by atoms with E-state index in [2.05, 4.69) is 19.9 Å². The molecule has 1 aliphatic rings. The van der Waals surface area contributed by atoms with Crippen molar-refractivity contribution in [3.8, 4) is 11.3 Å². The Labute approximate surface area is 155 Å². The molecule has 0 radical (unpaired) electrons. The standard InChI is InChI=1S/C17H19N7O3/c1-2-27-16(25)13-10-24-9-12(11-7-19-17(18)20-8-11)21-14(15(24)22-13)23-3-5-26-6-4-23/h7-10H,2-6H2,1H3,(H2,18,19,20). The van der Waals surface area contributed by atoms with E-state index in [1.165, 1.54) is 0 Å². The number of nitrogens with zero attached hydrogens (tertiary/aromatic N) is 6. The number of aromatic nitrogens is 5. The molecule has 0 amide bonds. The summed E-state index contributed by atoms with van der Waals surface area (Å²) in [5, 5.41) is 0. The highest BCUT2D eigenvalue weighted by atomic mass is 16.5. The minimum absolute atomic E-state index is 0.195. The van der Waals surface area contributed by atoms with Crippen molar-refractivity contribution in [2.24, 2.45) is 0 Å². The lowest BCUT2D eigenvalue weighted by Gasteiger charge is -2.28. The van der Waals surface area contributed by atoms with Crippen molar-refractivity contribution in [2.45, 2.75) is 6.92 Å². The number of morpholine rings is 1. The van der Waals surface area contributed by atoms with Crippen LogP contribution in [0.15, 0.2) is 24.8 Å². The number of ether oxygens (including phenoxy) is 2. The number of fused-ring (bicyclic) bond motifs is 1. The summed E-state index contributed by atoms with van der Waals surface area (Å²) >= 11 is 0. The molecule has 10 nitrogen and oxygen atoms in total. The molecule has 0 aliphatic carbocycles. The van der Waals surface area contributed by atoms with Gasteiger partial charge in [-0.25, -0.2) is 24.7 Å². The number of anilines is 2. The van der Waals surface area contributed by atoms with Gasteiger partial charge in [-0.15, -0.1) is 0 Å². The summed E-state index contributed by atoms with van der Waals surface area (Å²) in [6.45, 7) is 4.63. The van der Waals surface area contributed by atoms with Crippen LogP contribution in [0.25, 0.3) is 16.9 Å². The Kier molecular flexibility index (Phi) is 4.55. The van der Waals surface area contributed by atoms with Crippen molar-refractivity contribution in [3.05, 3.63) is 30.5 Å². The van der Waals surface area contributed by atoms with Gasteiger partial charge < -0.3 is 24.5 Å². The quantitative estimate of drug-likeness (QED) is 0.665. The minimum atomic E-state index is -0.466. The Morgan fingerprint density at radius 2 is 1.96 bits per heavy atom. The van der Waals surface area contributed by atoms with Crippen LogP contribution in [0.3, 0.4) is 0 Å². The first kappa shape index (κ1) is 17.2. The van der Waals surface area contributed by atoms with E-state index in [9.17, 15) is 4.79 Å². The number of nitrogens with two attached hydrogens (primary N) is 1. The molecule has 140 valence electrons. The SMILES string of the molecule is CCOC(=O)c1cn2cc(-c3cnc(N)nc3)nc(N3CCOCC3)c2n1. The van der Waals surface area contributed by atoms with Gasteiger partial charge in [-0.1, -0.05) is 0 Å². The number of imidazole rings is 1. The molecule has 1 aliphatic heterocycles. The number of nitrogen functional groups attached to an aromatic ring is 1. The summed E-state index contributed by atoms with van der Waals surface area (Å²) in [6.07, 6.45) is 6.65. The molecule has 0 bridgehead atoms. The van der Waals surface area contributed by atoms with Crippen LogP contribution in [0, 0.1) is 0 Å². The second-order valence-electron chi connectivity index (χ2n) is 5.96. The monoisotopic (exact) mass is 369 g/mol. The van der Waals surface area contributed by atoms with Gasteiger partial charge in [-0.2, -0.15) is 0 Å². The maximum Gasteiger partial charge on any atom is 0.358 e. The molecule has 1 saturated heterocycles. The number of carbonyl (C=O) groups is 1. The van der Waals surface area contributed by atoms with Crippen molar-refractivity contribution in [1.82, 2.24) is 24.3 Å². The van der Waals surface area contributed by atoms with Crippen LogP contribution < -0.4 is 10.6 Å². The van der Waals surface area contributed by atoms with E-state index in [1.54, 1.807) is 36.1 Å². The van der Waals surface area contributed by atoms with Crippen molar-refractivity contribution in [1.29, 1.82) is 0 Å². The molecule has 0 spiro atoms. The average molecular weight is 369 g/mol. The molecule has 4 rings (SSSR count). The highest BCUT2D eigenvalue weighted by Crippen LogP contribution is 2.25. The lowest BCUT2D eigenvalue weighted by atomic mass is 10.2. The fourth-order valence-corrected chi connectivity index (χ4v) is 2.88. The summed E-state index contributed by atoms with van der Waals surface area (Å²) < 4.78 is 12.3. The van der Waals surface area contributed by atoms with Crippen LogP contribution in [-0.2, 0) is 9.47 Å². The van der Waals surface area contributed by atoms with Gasteiger partial charge in [0.15, 0.2) is 17.2 Å². The molecule has 0 atom stereocenters. The molecule has 2 N–H and O–H groups in total. The van der Waals surface area contributed by atoms with Crippen molar-refractivity contribution in [2.75, 3.05) is 43.5 Å². The first-order valence-corrected chi connectivity index (χ1v) is 8.63. The van der Waals surface area contributed by atoms with E-state index < -0.39 is 5.97 Å². The van der Waals surface area contributed by atoms with Crippen LogP contribution in [0.1, 0.15) is 17.4 Å². The van der Waals surface area contributed by atoms with Crippen LogP contribution >= 0.6 is 0 Å². The Morgan fingerprint density at radius 3 is 2.67 bits per heavy atom. The normalized spacial score (nSPS) is 14.5. The van der Waals surface area contributed by atoms with E-state index in [4.69, 9.17) is 20.2 Å². The average Bonchev–Trinajstić information content (AvgIpc) is 3.13. The first-order chi connectivity index (χ1) is 13.2. The molecule has 3 aromatic heterocycles. The lowest BCUT2D eigenvalue weighted by molar-refractivity contribution is 0.0520. The Bertz CT molecular complexity index is 965. The maximum absolute atomic E-state index is 12.1. The summed E-state index contributed by atoms with van der Waals surface area (Å²) in [7, 11) is 0. The van der Waals surface area contributed by atoms with E-state index >= 15 is 0 Å². The van der Waals surface area contributed by atoms with Crippen LogP contribution in [0.5, 0.6) is 0 Å². The largest absolute Gasteiger partial charge is 0.461 e. The summed E-state index contributed by atoms with van der Waals surface area (Å²) in [5.74, 6) is 0.398. The number of hydrogen-bond acceptors (Lipinski definition) is 9. The number of esters is 1. The van der Waals surface area contributed by atoms with Crippen molar-refractivity contribution in [3.63, 3.8) is 0 Å². The Hall–Kier alpha value is -3.27. The van der Waals surface area contributed by atoms with Gasteiger partial charge in [-0.05, 0) is 6.92 Å². The summed E-state index contributed by atoms with van der Waals surface area (Å²) in [5.41, 5.74) is 7.76. The van der Waals surface area contributed by atoms with Gasteiger partial charge in [0.25, 0.3) is 0 Å². The molecular weight excluding hydrogens is 350 g/mol. The minimum Gasteiger partial charge on any atom is -0.461 e. The van der Waals surface area contributed by atoms with E-state index in [0.717, 1.165) is 0 Å². The molecule has 3 aromatic rings.